The van der Waals surface area contributed by atoms with E-state index in [1.807, 2.05) is 13.8 Å². The molecule has 0 spiro atoms. The van der Waals surface area contributed by atoms with Crippen LogP contribution < -0.4 is 5.32 Å². The first-order valence-corrected chi connectivity index (χ1v) is 7.03. The molecule has 3 atom stereocenters. The number of amides is 1. The van der Waals surface area contributed by atoms with Gasteiger partial charge in [0.1, 0.15) is 0 Å². The summed E-state index contributed by atoms with van der Waals surface area (Å²) < 4.78 is 0. The van der Waals surface area contributed by atoms with E-state index in [-0.39, 0.29) is 30.2 Å². The molecule has 0 aliphatic heterocycles. The van der Waals surface area contributed by atoms with Crippen molar-refractivity contribution >= 4 is 11.9 Å². The third-order valence-corrected chi connectivity index (χ3v) is 4.49. The average Bonchev–Trinajstić information content (AvgIpc) is 3.01. The molecule has 0 saturated heterocycles. The molecule has 2 N–H and O–H groups in total. The number of carbonyl (C=O) groups is 2. The van der Waals surface area contributed by atoms with E-state index in [1.165, 1.54) is 25.7 Å². The van der Waals surface area contributed by atoms with Gasteiger partial charge >= 0.3 is 5.97 Å². The van der Waals surface area contributed by atoms with Crippen LogP contribution in [-0.4, -0.2) is 23.0 Å². The zero-order chi connectivity index (χ0) is 13.3. The summed E-state index contributed by atoms with van der Waals surface area (Å²) in [6, 6.07) is -0.238. The lowest BCUT2D eigenvalue weighted by Crippen LogP contribution is -2.41. The van der Waals surface area contributed by atoms with Crippen molar-refractivity contribution < 1.29 is 14.7 Å². The Kier molecular flexibility index (Phi) is 3.93. The topological polar surface area (TPSA) is 66.4 Å². The first-order chi connectivity index (χ1) is 8.50. The summed E-state index contributed by atoms with van der Waals surface area (Å²) in [5, 5.41) is 11.8. The Morgan fingerprint density at radius 1 is 1.22 bits per heavy atom. The van der Waals surface area contributed by atoms with Crippen LogP contribution in [0.2, 0.25) is 0 Å². The molecule has 4 nitrogen and oxygen atoms in total. The molecule has 2 aliphatic rings. The number of hydrogen-bond acceptors (Lipinski definition) is 2. The number of carboxylic acid groups (broad SMARTS) is 1. The van der Waals surface area contributed by atoms with Gasteiger partial charge in [-0.25, -0.2) is 0 Å². The summed E-state index contributed by atoms with van der Waals surface area (Å²) in [5.41, 5.74) is 0. The van der Waals surface area contributed by atoms with Gasteiger partial charge in [0.15, 0.2) is 0 Å². The minimum Gasteiger partial charge on any atom is -0.481 e. The lowest BCUT2D eigenvalue weighted by molar-refractivity contribution is -0.138. The lowest BCUT2D eigenvalue weighted by Gasteiger charge is -2.20. The molecule has 2 saturated carbocycles. The van der Waals surface area contributed by atoms with E-state index < -0.39 is 5.97 Å². The molecule has 0 aromatic carbocycles. The molecule has 102 valence electrons. The Morgan fingerprint density at radius 2 is 1.78 bits per heavy atom. The van der Waals surface area contributed by atoms with Gasteiger partial charge < -0.3 is 10.4 Å². The van der Waals surface area contributed by atoms with Crippen molar-refractivity contribution in [2.75, 3.05) is 0 Å². The van der Waals surface area contributed by atoms with Crippen LogP contribution in [0.5, 0.6) is 0 Å². The van der Waals surface area contributed by atoms with Crippen LogP contribution in [0.4, 0.5) is 0 Å². The van der Waals surface area contributed by atoms with E-state index in [0.717, 1.165) is 0 Å². The van der Waals surface area contributed by atoms with Crippen LogP contribution in [0.3, 0.4) is 0 Å². The van der Waals surface area contributed by atoms with Gasteiger partial charge in [-0.1, -0.05) is 26.7 Å². The number of nitrogens with one attached hydrogen (secondary N) is 1. The number of hydrogen-bond donors (Lipinski definition) is 2. The maximum absolute atomic E-state index is 12.2. The zero-order valence-electron chi connectivity index (χ0n) is 11.2. The number of carboxylic acids is 1. The van der Waals surface area contributed by atoms with E-state index in [2.05, 4.69) is 5.32 Å². The van der Waals surface area contributed by atoms with Gasteiger partial charge in [0.25, 0.3) is 0 Å². The Bertz CT molecular complexity index is 328. The predicted octanol–water partition coefficient (Wildman–Crippen LogP) is 2.04. The third-order valence-electron chi connectivity index (χ3n) is 4.49. The monoisotopic (exact) mass is 253 g/mol. The SMILES string of the molecule is CC(C)C(CC(=O)O)NC(=O)C1C2CCCCC21. The highest BCUT2D eigenvalue weighted by molar-refractivity contribution is 5.83. The molecule has 2 aliphatic carbocycles. The number of rotatable bonds is 5. The van der Waals surface area contributed by atoms with Gasteiger partial charge in [-0.05, 0) is 30.6 Å². The quantitative estimate of drug-likeness (QED) is 0.788. The number of aliphatic carboxylic acids is 1. The van der Waals surface area contributed by atoms with Crippen molar-refractivity contribution in [1.29, 1.82) is 0 Å². The van der Waals surface area contributed by atoms with Crippen molar-refractivity contribution in [2.24, 2.45) is 23.7 Å². The van der Waals surface area contributed by atoms with Crippen LogP contribution in [0.15, 0.2) is 0 Å². The second-order valence-corrected chi connectivity index (χ2v) is 6.09. The van der Waals surface area contributed by atoms with Crippen LogP contribution in [-0.2, 0) is 9.59 Å². The number of fused-ring (bicyclic) bond motifs is 1. The van der Waals surface area contributed by atoms with Crippen LogP contribution >= 0.6 is 0 Å². The van der Waals surface area contributed by atoms with Crippen LogP contribution in [0.25, 0.3) is 0 Å². The van der Waals surface area contributed by atoms with Crippen LogP contribution in [0.1, 0.15) is 46.0 Å². The predicted molar refractivity (Wildman–Crippen MR) is 68.0 cm³/mol. The normalized spacial score (nSPS) is 31.6. The fourth-order valence-corrected chi connectivity index (χ4v) is 3.30. The molecule has 1 amide bonds. The molecule has 0 aromatic rings. The van der Waals surface area contributed by atoms with Crippen molar-refractivity contribution in [2.45, 2.75) is 52.0 Å². The summed E-state index contributed by atoms with van der Waals surface area (Å²) in [7, 11) is 0. The molecule has 0 bridgehead atoms. The summed E-state index contributed by atoms with van der Waals surface area (Å²) >= 11 is 0. The van der Waals surface area contributed by atoms with Crippen molar-refractivity contribution in [3.63, 3.8) is 0 Å². The Balaban J connectivity index is 1.87. The fourth-order valence-electron chi connectivity index (χ4n) is 3.30. The molecule has 18 heavy (non-hydrogen) atoms. The summed E-state index contributed by atoms with van der Waals surface area (Å²) in [4.78, 5) is 22.9. The molecule has 0 radical (unpaired) electrons. The minimum absolute atomic E-state index is 0.0193. The van der Waals surface area contributed by atoms with Gasteiger partial charge in [0, 0.05) is 12.0 Å². The highest BCUT2D eigenvalue weighted by Crippen LogP contribution is 2.55. The Hall–Kier alpha value is -1.06. The smallest absolute Gasteiger partial charge is 0.305 e. The van der Waals surface area contributed by atoms with Gasteiger partial charge in [0.05, 0.1) is 6.42 Å². The van der Waals surface area contributed by atoms with Crippen molar-refractivity contribution in [3.8, 4) is 0 Å². The largest absolute Gasteiger partial charge is 0.481 e. The second-order valence-electron chi connectivity index (χ2n) is 6.09. The molecular formula is C14H23NO3. The van der Waals surface area contributed by atoms with E-state index in [0.29, 0.717) is 11.8 Å². The Labute approximate surface area is 108 Å². The summed E-state index contributed by atoms with van der Waals surface area (Å²) in [5.74, 6) is 0.732. The van der Waals surface area contributed by atoms with E-state index in [1.54, 1.807) is 0 Å². The van der Waals surface area contributed by atoms with E-state index in [9.17, 15) is 9.59 Å². The maximum Gasteiger partial charge on any atom is 0.305 e. The van der Waals surface area contributed by atoms with Gasteiger partial charge in [-0.2, -0.15) is 0 Å². The van der Waals surface area contributed by atoms with Gasteiger partial charge in [0.2, 0.25) is 5.91 Å². The molecule has 2 fully saturated rings. The molecule has 0 aromatic heterocycles. The fraction of sp³-hybridized carbons (Fsp3) is 0.857. The molecular weight excluding hydrogens is 230 g/mol. The van der Waals surface area contributed by atoms with Crippen molar-refractivity contribution in [1.82, 2.24) is 5.32 Å². The standard InChI is InChI=1S/C14H23NO3/c1-8(2)11(7-12(16)17)15-14(18)13-9-5-3-4-6-10(9)13/h8-11,13H,3-7H2,1-2H3,(H,15,18)(H,16,17). The third kappa shape index (κ3) is 2.85. The Morgan fingerprint density at radius 3 is 2.22 bits per heavy atom. The van der Waals surface area contributed by atoms with Gasteiger partial charge in [-0.15, -0.1) is 0 Å². The highest BCUT2D eigenvalue weighted by Gasteiger charge is 2.54. The lowest BCUT2D eigenvalue weighted by atomic mass is 10.0. The van der Waals surface area contributed by atoms with Gasteiger partial charge in [-0.3, -0.25) is 9.59 Å². The zero-order valence-corrected chi connectivity index (χ0v) is 11.2. The summed E-state index contributed by atoms with van der Waals surface area (Å²) in [6.07, 6.45) is 4.86. The first kappa shape index (κ1) is 13.4. The van der Waals surface area contributed by atoms with E-state index in [4.69, 9.17) is 5.11 Å². The molecule has 0 heterocycles. The minimum atomic E-state index is -0.845. The maximum atomic E-state index is 12.2. The first-order valence-electron chi connectivity index (χ1n) is 7.03. The highest BCUT2D eigenvalue weighted by atomic mass is 16.4. The summed E-state index contributed by atoms with van der Waals surface area (Å²) in [6.45, 7) is 3.90. The van der Waals surface area contributed by atoms with Crippen molar-refractivity contribution in [3.05, 3.63) is 0 Å². The second kappa shape index (κ2) is 5.29. The molecule has 4 heteroatoms. The number of carbonyl (C=O) groups excluding carboxylic acids is 1. The molecule has 3 unspecified atom stereocenters. The van der Waals surface area contributed by atoms with E-state index >= 15 is 0 Å². The molecule has 2 rings (SSSR count). The average molecular weight is 253 g/mol. The van der Waals surface area contributed by atoms with Crippen LogP contribution in [0, 0.1) is 23.7 Å².